The van der Waals surface area contributed by atoms with Crippen LogP contribution in [0.1, 0.15) is 24.5 Å². The van der Waals surface area contributed by atoms with Crippen molar-refractivity contribution in [1.82, 2.24) is 9.80 Å². The predicted octanol–water partition coefficient (Wildman–Crippen LogP) is 2.33. The molecule has 0 saturated carbocycles. The van der Waals surface area contributed by atoms with Gasteiger partial charge >= 0.3 is 0 Å². The summed E-state index contributed by atoms with van der Waals surface area (Å²) in [6.45, 7) is 7.97. The predicted molar refractivity (Wildman–Crippen MR) is 77.7 cm³/mol. The lowest BCUT2D eigenvalue weighted by Gasteiger charge is -2.21. The van der Waals surface area contributed by atoms with E-state index in [1.54, 1.807) is 0 Å². The van der Waals surface area contributed by atoms with Crippen LogP contribution in [0.25, 0.3) is 0 Å². The normalized spacial score (nSPS) is 19.8. The van der Waals surface area contributed by atoms with Gasteiger partial charge < -0.3 is 9.80 Å². The van der Waals surface area contributed by atoms with Crippen molar-refractivity contribution in [3.05, 3.63) is 35.4 Å². The monoisotopic (exact) mass is 257 g/mol. The van der Waals surface area contributed by atoms with Crippen LogP contribution in [0.5, 0.6) is 0 Å². The Kier molecular flexibility index (Phi) is 4.95. The Hall–Kier alpha value is -1.37. The van der Waals surface area contributed by atoms with Crippen LogP contribution in [0, 0.1) is 17.2 Å². The Labute approximate surface area is 116 Å². The second-order valence-corrected chi connectivity index (χ2v) is 5.56. The molecule has 1 fully saturated rings. The summed E-state index contributed by atoms with van der Waals surface area (Å²) >= 11 is 0. The van der Waals surface area contributed by atoms with Gasteiger partial charge in [0, 0.05) is 19.6 Å². The molecule has 3 nitrogen and oxygen atoms in total. The molecule has 0 N–H and O–H groups in total. The molecule has 2 rings (SSSR count). The molecule has 1 unspecified atom stereocenters. The molecule has 1 aliphatic rings. The first-order valence-electron chi connectivity index (χ1n) is 7.11. The fourth-order valence-corrected chi connectivity index (χ4v) is 2.91. The Balaban J connectivity index is 1.84. The van der Waals surface area contributed by atoms with Crippen molar-refractivity contribution in [1.29, 1.82) is 5.26 Å². The molecule has 19 heavy (non-hydrogen) atoms. The molecule has 1 heterocycles. The maximum Gasteiger partial charge on any atom is 0.0991 e. The van der Waals surface area contributed by atoms with Crippen LogP contribution in [0.2, 0.25) is 0 Å². The van der Waals surface area contributed by atoms with E-state index in [1.165, 1.54) is 31.6 Å². The zero-order chi connectivity index (χ0) is 13.7. The molecule has 1 atom stereocenters. The molecule has 1 aromatic rings. The van der Waals surface area contributed by atoms with Gasteiger partial charge in [-0.3, -0.25) is 0 Å². The zero-order valence-corrected chi connectivity index (χ0v) is 12.0. The summed E-state index contributed by atoms with van der Waals surface area (Å²) in [5, 5.41) is 8.91. The summed E-state index contributed by atoms with van der Waals surface area (Å²) in [6.07, 6.45) is 1.32. The maximum atomic E-state index is 8.91. The van der Waals surface area contributed by atoms with Gasteiger partial charge in [0.2, 0.25) is 0 Å². The van der Waals surface area contributed by atoms with E-state index in [0.29, 0.717) is 0 Å². The first-order valence-corrected chi connectivity index (χ1v) is 7.11. The van der Waals surface area contributed by atoms with Crippen LogP contribution in [-0.2, 0) is 6.54 Å². The molecule has 1 saturated heterocycles. The Morgan fingerprint density at radius 3 is 3.00 bits per heavy atom. The minimum absolute atomic E-state index is 0.754. The Bertz CT molecular complexity index is 450. The van der Waals surface area contributed by atoms with E-state index in [9.17, 15) is 0 Å². The van der Waals surface area contributed by atoms with E-state index in [-0.39, 0.29) is 0 Å². The summed E-state index contributed by atoms with van der Waals surface area (Å²) < 4.78 is 0. The van der Waals surface area contributed by atoms with Gasteiger partial charge in [0.05, 0.1) is 11.6 Å². The average Bonchev–Trinajstić information content (AvgIpc) is 2.86. The minimum Gasteiger partial charge on any atom is -0.303 e. The van der Waals surface area contributed by atoms with Crippen molar-refractivity contribution in [3.8, 4) is 6.07 Å². The Morgan fingerprint density at radius 2 is 2.32 bits per heavy atom. The zero-order valence-electron chi connectivity index (χ0n) is 12.0. The largest absolute Gasteiger partial charge is 0.303 e. The van der Waals surface area contributed by atoms with Gasteiger partial charge in [-0.2, -0.15) is 5.26 Å². The first kappa shape index (κ1) is 14.0. The van der Waals surface area contributed by atoms with Crippen molar-refractivity contribution >= 4 is 0 Å². The molecule has 0 amide bonds. The number of hydrogen-bond donors (Lipinski definition) is 0. The van der Waals surface area contributed by atoms with Crippen molar-refractivity contribution in [2.75, 3.05) is 33.2 Å². The summed E-state index contributed by atoms with van der Waals surface area (Å²) in [5.74, 6) is 0.795. The summed E-state index contributed by atoms with van der Waals surface area (Å²) in [6, 6.07) is 10.1. The molecule has 0 spiro atoms. The van der Waals surface area contributed by atoms with E-state index in [0.717, 1.165) is 24.6 Å². The second-order valence-electron chi connectivity index (χ2n) is 5.56. The lowest BCUT2D eigenvalue weighted by molar-refractivity contribution is 0.260. The van der Waals surface area contributed by atoms with Crippen molar-refractivity contribution in [2.24, 2.45) is 5.92 Å². The third kappa shape index (κ3) is 4.05. The van der Waals surface area contributed by atoms with Crippen molar-refractivity contribution in [2.45, 2.75) is 19.9 Å². The molecule has 0 aromatic heterocycles. The quantitative estimate of drug-likeness (QED) is 0.811. The maximum absolute atomic E-state index is 8.91. The molecular weight excluding hydrogens is 234 g/mol. The highest BCUT2D eigenvalue weighted by Gasteiger charge is 2.22. The van der Waals surface area contributed by atoms with E-state index < -0.39 is 0 Å². The minimum atomic E-state index is 0.754. The standard InChI is InChI=1S/C16H23N3/c1-3-19-8-7-16(13-19)12-18(2)11-15-6-4-5-14(9-15)10-17/h4-6,9,16H,3,7-8,11-13H2,1-2H3. The first-order chi connectivity index (χ1) is 9.21. The summed E-state index contributed by atoms with van der Waals surface area (Å²) in [4.78, 5) is 4.90. The number of rotatable bonds is 5. The SMILES string of the molecule is CCN1CCC(CN(C)Cc2cccc(C#N)c2)C1. The van der Waals surface area contributed by atoms with Crippen LogP contribution in [0.15, 0.2) is 24.3 Å². The fourth-order valence-electron chi connectivity index (χ4n) is 2.91. The van der Waals surface area contributed by atoms with Gasteiger partial charge in [0.1, 0.15) is 0 Å². The highest BCUT2D eigenvalue weighted by atomic mass is 15.2. The van der Waals surface area contributed by atoms with Crippen LogP contribution >= 0.6 is 0 Å². The molecule has 0 bridgehead atoms. The van der Waals surface area contributed by atoms with E-state index >= 15 is 0 Å². The van der Waals surface area contributed by atoms with Crippen LogP contribution < -0.4 is 0 Å². The molecule has 1 aliphatic heterocycles. The molecule has 1 aromatic carbocycles. The number of likely N-dealkylation sites (tertiary alicyclic amines) is 1. The Morgan fingerprint density at radius 1 is 1.47 bits per heavy atom. The topological polar surface area (TPSA) is 30.3 Å². The highest BCUT2D eigenvalue weighted by molar-refractivity contribution is 5.32. The third-order valence-electron chi connectivity index (χ3n) is 3.90. The molecule has 3 heteroatoms. The smallest absolute Gasteiger partial charge is 0.0991 e. The van der Waals surface area contributed by atoms with Crippen LogP contribution in [-0.4, -0.2) is 43.0 Å². The van der Waals surface area contributed by atoms with Gasteiger partial charge in [-0.05, 0) is 50.2 Å². The molecule has 0 radical (unpaired) electrons. The lowest BCUT2D eigenvalue weighted by Crippen LogP contribution is -2.28. The summed E-state index contributed by atoms with van der Waals surface area (Å²) in [5.41, 5.74) is 1.98. The van der Waals surface area contributed by atoms with E-state index in [1.807, 2.05) is 18.2 Å². The number of benzene rings is 1. The lowest BCUT2D eigenvalue weighted by atomic mass is 10.1. The van der Waals surface area contributed by atoms with Crippen molar-refractivity contribution in [3.63, 3.8) is 0 Å². The number of hydrogen-bond acceptors (Lipinski definition) is 3. The van der Waals surface area contributed by atoms with E-state index in [2.05, 4.69) is 35.9 Å². The van der Waals surface area contributed by atoms with Gasteiger partial charge in [-0.15, -0.1) is 0 Å². The molecular formula is C16H23N3. The van der Waals surface area contributed by atoms with E-state index in [4.69, 9.17) is 5.26 Å². The van der Waals surface area contributed by atoms with Gasteiger partial charge in [0.25, 0.3) is 0 Å². The fraction of sp³-hybridized carbons (Fsp3) is 0.562. The van der Waals surface area contributed by atoms with Crippen molar-refractivity contribution < 1.29 is 0 Å². The second kappa shape index (κ2) is 6.70. The highest BCUT2D eigenvalue weighted by Crippen LogP contribution is 2.17. The van der Waals surface area contributed by atoms with Crippen LogP contribution in [0.4, 0.5) is 0 Å². The third-order valence-corrected chi connectivity index (χ3v) is 3.90. The number of nitriles is 1. The van der Waals surface area contributed by atoms with Gasteiger partial charge in [-0.25, -0.2) is 0 Å². The molecule has 102 valence electrons. The van der Waals surface area contributed by atoms with Crippen LogP contribution in [0.3, 0.4) is 0 Å². The van der Waals surface area contributed by atoms with Gasteiger partial charge in [-0.1, -0.05) is 19.1 Å². The molecule has 0 aliphatic carbocycles. The number of nitrogens with zero attached hydrogens (tertiary/aromatic N) is 3. The average molecular weight is 257 g/mol. The summed E-state index contributed by atoms with van der Waals surface area (Å²) in [7, 11) is 2.17. The van der Waals surface area contributed by atoms with Gasteiger partial charge in [0.15, 0.2) is 0 Å².